The predicted molar refractivity (Wildman–Crippen MR) is 74.2 cm³/mol. The SMILES string of the molecule is CCN(C)CCNS(=O)(=O)c1ccc(N)cc1Cl. The Labute approximate surface area is 113 Å². The predicted octanol–water partition coefficient (Wildman–Crippen LogP) is 1.15. The van der Waals surface area contributed by atoms with Gasteiger partial charge in [0, 0.05) is 18.8 Å². The van der Waals surface area contributed by atoms with E-state index in [1.54, 1.807) is 0 Å². The number of sulfonamides is 1. The largest absolute Gasteiger partial charge is 0.399 e. The van der Waals surface area contributed by atoms with Crippen molar-refractivity contribution in [2.75, 3.05) is 32.4 Å². The van der Waals surface area contributed by atoms with Gasteiger partial charge in [0.25, 0.3) is 0 Å². The molecule has 0 saturated heterocycles. The summed E-state index contributed by atoms with van der Waals surface area (Å²) in [6.45, 7) is 3.85. The standard InChI is InChI=1S/C11H18ClN3O2S/c1-3-15(2)7-6-14-18(16,17)11-5-4-9(13)8-10(11)12/h4-5,8,14H,3,6-7,13H2,1-2H3. The fourth-order valence-electron chi connectivity index (χ4n) is 1.34. The summed E-state index contributed by atoms with van der Waals surface area (Å²) in [6.07, 6.45) is 0. The molecule has 1 rings (SSSR count). The van der Waals surface area contributed by atoms with Crippen LogP contribution in [0.1, 0.15) is 6.92 Å². The van der Waals surface area contributed by atoms with Crippen LogP contribution in [0, 0.1) is 0 Å². The van der Waals surface area contributed by atoms with Crippen molar-refractivity contribution in [2.45, 2.75) is 11.8 Å². The van der Waals surface area contributed by atoms with Crippen molar-refractivity contribution in [1.29, 1.82) is 0 Å². The second-order valence-corrected chi connectivity index (χ2v) is 6.13. The van der Waals surface area contributed by atoms with Crippen LogP contribution in [0.2, 0.25) is 5.02 Å². The second kappa shape index (κ2) is 6.38. The van der Waals surface area contributed by atoms with Gasteiger partial charge < -0.3 is 10.6 Å². The molecule has 0 atom stereocenters. The zero-order valence-electron chi connectivity index (χ0n) is 10.5. The summed E-state index contributed by atoms with van der Waals surface area (Å²) in [7, 11) is -1.65. The van der Waals surface area contributed by atoms with Crippen molar-refractivity contribution in [3.8, 4) is 0 Å². The third-order valence-corrected chi connectivity index (χ3v) is 4.51. The van der Waals surface area contributed by atoms with E-state index in [-0.39, 0.29) is 9.92 Å². The third kappa shape index (κ3) is 4.13. The van der Waals surface area contributed by atoms with Gasteiger partial charge in [-0.15, -0.1) is 0 Å². The molecule has 0 spiro atoms. The zero-order chi connectivity index (χ0) is 13.8. The van der Waals surface area contributed by atoms with Crippen molar-refractivity contribution in [3.05, 3.63) is 23.2 Å². The van der Waals surface area contributed by atoms with Gasteiger partial charge in [0.15, 0.2) is 0 Å². The lowest BCUT2D eigenvalue weighted by atomic mass is 10.3. The number of anilines is 1. The highest BCUT2D eigenvalue weighted by molar-refractivity contribution is 7.89. The molecule has 0 saturated carbocycles. The van der Waals surface area contributed by atoms with Gasteiger partial charge in [0.05, 0.1) is 5.02 Å². The van der Waals surface area contributed by atoms with Crippen molar-refractivity contribution in [3.63, 3.8) is 0 Å². The summed E-state index contributed by atoms with van der Waals surface area (Å²) in [5.41, 5.74) is 5.96. The fourth-order valence-corrected chi connectivity index (χ4v) is 2.91. The Morgan fingerprint density at radius 3 is 2.67 bits per heavy atom. The maximum absolute atomic E-state index is 12.0. The first-order chi connectivity index (χ1) is 8.36. The van der Waals surface area contributed by atoms with E-state index in [1.807, 2.05) is 18.9 Å². The number of nitrogens with zero attached hydrogens (tertiary/aromatic N) is 1. The number of hydrogen-bond acceptors (Lipinski definition) is 4. The molecule has 5 nitrogen and oxygen atoms in total. The molecule has 0 aliphatic heterocycles. The monoisotopic (exact) mass is 291 g/mol. The Morgan fingerprint density at radius 1 is 1.44 bits per heavy atom. The van der Waals surface area contributed by atoms with E-state index >= 15 is 0 Å². The van der Waals surface area contributed by atoms with E-state index in [1.165, 1.54) is 18.2 Å². The topological polar surface area (TPSA) is 75.4 Å². The van der Waals surface area contributed by atoms with Gasteiger partial charge in [-0.2, -0.15) is 0 Å². The first-order valence-electron chi connectivity index (χ1n) is 5.60. The van der Waals surface area contributed by atoms with Gasteiger partial charge in [-0.25, -0.2) is 13.1 Å². The van der Waals surface area contributed by atoms with Crippen LogP contribution in [0.5, 0.6) is 0 Å². The van der Waals surface area contributed by atoms with Crippen LogP contribution in [-0.2, 0) is 10.0 Å². The molecule has 0 unspecified atom stereocenters. The molecule has 0 radical (unpaired) electrons. The minimum Gasteiger partial charge on any atom is -0.399 e. The number of benzene rings is 1. The summed E-state index contributed by atoms with van der Waals surface area (Å²) in [5.74, 6) is 0. The lowest BCUT2D eigenvalue weighted by Gasteiger charge is -2.14. The zero-order valence-corrected chi connectivity index (χ0v) is 12.1. The van der Waals surface area contributed by atoms with Crippen LogP contribution in [0.3, 0.4) is 0 Å². The Morgan fingerprint density at radius 2 is 2.11 bits per heavy atom. The Balaban J connectivity index is 2.74. The highest BCUT2D eigenvalue weighted by Crippen LogP contribution is 2.23. The molecule has 0 bridgehead atoms. The minimum absolute atomic E-state index is 0.0533. The van der Waals surface area contributed by atoms with Crippen LogP contribution >= 0.6 is 11.6 Å². The maximum Gasteiger partial charge on any atom is 0.242 e. The lowest BCUT2D eigenvalue weighted by Crippen LogP contribution is -2.33. The smallest absolute Gasteiger partial charge is 0.242 e. The average molecular weight is 292 g/mol. The summed E-state index contributed by atoms with van der Waals surface area (Å²) in [6, 6.07) is 4.34. The van der Waals surface area contributed by atoms with Crippen LogP contribution < -0.4 is 10.5 Å². The first kappa shape index (κ1) is 15.2. The number of nitrogens with two attached hydrogens (primary N) is 1. The van der Waals surface area contributed by atoms with Crippen LogP contribution in [-0.4, -0.2) is 40.0 Å². The Hall–Kier alpha value is -0.820. The summed E-state index contributed by atoms with van der Waals surface area (Å²) in [4.78, 5) is 2.06. The number of hydrogen-bond donors (Lipinski definition) is 2. The summed E-state index contributed by atoms with van der Waals surface area (Å²) >= 11 is 5.87. The minimum atomic E-state index is -3.58. The summed E-state index contributed by atoms with van der Waals surface area (Å²) in [5, 5.41) is 0.131. The van der Waals surface area contributed by atoms with E-state index in [9.17, 15) is 8.42 Å². The van der Waals surface area contributed by atoms with E-state index in [0.29, 0.717) is 18.8 Å². The Kier molecular flexibility index (Phi) is 5.40. The van der Waals surface area contributed by atoms with Gasteiger partial charge in [0.1, 0.15) is 4.90 Å². The Bertz CT molecular complexity index is 505. The first-order valence-corrected chi connectivity index (χ1v) is 7.46. The van der Waals surface area contributed by atoms with Crippen molar-refractivity contribution >= 4 is 27.3 Å². The molecule has 1 aromatic carbocycles. The van der Waals surface area contributed by atoms with Gasteiger partial charge in [-0.05, 0) is 31.8 Å². The van der Waals surface area contributed by atoms with Gasteiger partial charge in [-0.1, -0.05) is 18.5 Å². The van der Waals surface area contributed by atoms with Gasteiger partial charge in [-0.3, -0.25) is 0 Å². The molecule has 0 fully saturated rings. The van der Waals surface area contributed by atoms with E-state index in [2.05, 4.69) is 4.72 Å². The molecular formula is C11H18ClN3O2S. The molecular weight excluding hydrogens is 274 g/mol. The van der Waals surface area contributed by atoms with Crippen LogP contribution in [0.25, 0.3) is 0 Å². The molecule has 0 aliphatic carbocycles. The van der Waals surface area contributed by atoms with E-state index in [0.717, 1.165) is 6.54 Å². The molecule has 0 aliphatic rings. The fraction of sp³-hybridized carbons (Fsp3) is 0.455. The van der Waals surface area contributed by atoms with Crippen LogP contribution in [0.15, 0.2) is 23.1 Å². The van der Waals surface area contributed by atoms with Crippen molar-refractivity contribution in [1.82, 2.24) is 9.62 Å². The molecule has 0 heterocycles. The second-order valence-electron chi connectivity index (χ2n) is 3.98. The van der Waals surface area contributed by atoms with E-state index in [4.69, 9.17) is 17.3 Å². The number of halogens is 1. The third-order valence-electron chi connectivity index (χ3n) is 2.57. The van der Waals surface area contributed by atoms with E-state index < -0.39 is 10.0 Å². The highest BCUT2D eigenvalue weighted by atomic mass is 35.5. The molecule has 102 valence electrons. The molecule has 18 heavy (non-hydrogen) atoms. The number of nitrogen functional groups attached to an aromatic ring is 1. The van der Waals surface area contributed by atoms with Crippen molar-refractivity contribution in [2.24, 2.45) is 0 Å². The molecule has 0 aromatic heterocycles. The number of rotatable bonds is 6. The molecule has 0 amide bonds. The lowest BCUT2D eigenvalue weighted by molar-refractivity contribution is 0.358. The van der Waals surface area contributed by atoms with Gasteiger partial charge in [0.2, 0.25) is 10.0 Å². The van der Waals surface area contributed by atoms with Crippen LogP contribution in [0.4, 0.5) is 5.69 Å². The molecule has 7 heteroatoms. The highest BCUT2D eigenvalue weighted by Gasteiger charge is 2.17. The normalized spacial score (nSPS) is 12.0. The molecule has 3 N–H and O–H groups in total. The number of likely N-dealkylation sites (N-methyl/N-ethyl adjacent to an activating group) is 1. The quantitative estimate of drug-likeness (QED) is 0.771. The molecule has 1 aromatic rings. The van der Waals surface area contributed by atoms with Gasteiger partial charge >= 0.3 is 0 Å². The summed E-state index contributed by atoms with van der Waals surface area (Å²) < 4.78 is 26.5. The maximum atomic E-state index is 12.0. The van der Waals surface area contributed by atoms with Crippen molar-refractivity contribution < 1.29 is 8.42 Å². The average Bonchev–Trinajstić information content (AvgIpc) is 2.27. The number of nitrogens with one attached hydrogen (secondary N) is 1.